The summed E-state index contributed by atoms with van der Waals surface area (Å²) in [6.45, 7) is 5.75. The number of rotatable bonds is 5. The first kappa shape index (κ1) is 19.4. The molecule has 7 heteroatoms. The van der Waals surface area contributed by atoms with Crippen molar-refractivity contribution in [2.75, 3.05) is 0 Å². The molecule has 0 amide bonds. The second-order valence-corrected chi connectivity index (χ2v) is 10.4. The van der Waals surface area contributed by atoms with Gasteiger partial charge in [0, 0.05) is 12.1 Å². The van der Waals surface area contributed by atoms with Gasteiger partial charge in [-0.2, -0.15) is 0 Å². The van der Waals surface area contributed by atoms with Crippen molar-refractivity contribution < 1.29 is 8.42 Å². The van der Waals surface area contributed by atoms with Crippen LogP contribution < -0.4 is 9.60 Å². The lowest BCUT2D eigenvalue weighted by atomic mass is 10.0. The van der Waals surface area contributed by atoms with Crippen molar-refractivity contribution in [2.24, 2.45) is 0 Å². The summed E-state index contributed by atoms with van der Waals surface area (Å²) >= 11 is 1.08. The van der Waals surface area contributed by atoms with Gasteiger partial charge in [0.1, 0.15) is 0 Å². The number of aryl methyl sites for hydroxylation is 2. The average Bonchev–Trinajstić information content (AvgIpc) is 3.22. The Bertz CT molecular complexity index is 1210. The van der Waals surface area contributed by atoms with Crippen LogP contribution in [0.15, 0.2) is 46.1 Å². The Hall–Kier alpha value is -1.96. The summed E-state index contributed by atoms with van der Waals surface area (Å²) in [5.41, 5.74) is 4.44. The molecule has 0 fully saturated rings. The molecule has 0 spiro atoms. The van der Waals surface area contributed by atoms with Gasteiger partial charge >= 0.3 is 4.87 Å². The Labute approximate surface area is 169 Å². The highest BCUT2D eigenvalue weighted by Gasteiger charge is 2.21. The molecule has 1 N–H and O–H groups in total. The number of hydrogen-bond donors (Lipinski definition) is 1. The molecule has 0 aliphatic heterocycles. The number of nitrogens with zero attached hydrogens (tertiary/aromatic N) is 1. The number of nitrogens with one attached hydrogen (secondary N) is 1. The van der Waals surface area contributed by atoms with Crippen LogP contribution in [0.4, 0.5) is 0 Å². The Morgan fingerprint density at radius 2 is 1.79 bits per heavy atom. The lowest BCUT2D eigenvalue weighted by Crippen LogP contribution is -2.27. The molecule has 0 radical (unpaired) electrons. The van der Waals surface area contributed by atoms with Gasteiger partial charge in [-0.05, 0) is 74.9 Å². The fourth-order valence-corrected chi connectivity index (χ4v) is 6.29. The van der Waals surface area contributed by atoms with Gasteiger partial charge in [0.15, 0.2) is 0 Å². The van der Waals surface area contributed by atoms with Gasteiger partial charge in [-0.15, -0.1) is 0 Å². The third-order valence-electron chi connectivity index (χ3n) is 5.37. The number of hydrogen-bond acceptors (Lipinski definition) is 4. The number of fused-ring (bicyclic) bond motifs is 2. The minimum Gasteiger partial charge on any atom is -0.296 e. The first-order valence-corrected chi connectivity index (χ1v) is 11.9. The normalized spacial score (nSPS) is 15.3. The van der Waals surface area contributed by atoms with E-state index < -0.39 is 10.0 Å². The van der Waals surface area contributed by atoms with Crippen LogP contribution in [0.1, 0.15) is 56.0 Å². The zero-order valence-corrected chi connectivity index (χ0v) is 17.9. The Morgan fingerprint density at radius 3 is 2.54 bits per heavy atom. The molecular formula is C21H24N2O3S2. The SMILES string of the molecule is CC(C)n1c(=O)sc2cc(S(=O)(=O)N[C@@H](C)c3ccc4c(c3)CCC4)ccc21. The van der Waals surface area contributed by atoms with Crippen LogP contribution in [0.2, 0.25) is 0 Å². The van der Waals surface area contributed by atoms with Crippen LogP contribution in [0.3, 0.4) is 0 Å². The zero-order valence-electron chi connectivity index (χ0n) is 16.2. The lowest BCUT2D eigenvalue weighted by Gasteiger charge is -2.16. The van der Waals surface area contributed by atoms with Crippen molar-refractivity contribution in [2.45, 2.75) is 57.0 Å². The summed E-state index contributed by atoms with van der Waals surface area (Å²) in [6.07, 6.45) is 3.33. The monoisotopic (exact) mass is 416 g/mol. The van der Waals surface area contributed by atoms with Crippen molar-refractivity contribution >= 4 is 31.6 Å². The largest absolute Gasteiger partial charge is 0.308 e. The molecule has 4 rings (SSSR count). The zero-order chi connectivity index (χ0) is 20.1. The topological polar surface area (TPSA) is 68.2 Å². The molecule has 0 bridgehead atoms. The second-order valence-electron chi connectivity index (χ2n) is 7.69. The highest BCUT2D eigenvalue weighted by atomic mass is 32.2. The van der Waals surface area contributed by atoms with E-state index in [9.17, 15) is 13.2 Å². The van der Waals surface area contributed by atoms with E-state index in [0.29, 0.717) is 4.70 Å². The Kier molecular flexibility index (Phi) is 4.93. The van der Waals surface area contributed by atoms with Crippen LogP contribution >= 0.6 is 11.3 Å². The van der Waals surface area contributed by atoms with Crippen molar-refractivity contribution in [1.29, 1.82) is 0 Å². The summed E-state index contributed by atoms with van der Waals surface area (Å²) in [5, 5.41) is 0. The first-order chi connectivity index (χ1) is 13.3. The van der Waals surface area contributed by atoms with Crippen LogP contribution in [0.5, 0.6) is 0 Å². The maximum atomic E-state index is 12.9. The van der Waals surface area contributed by atoms with Crippen LogP contribution in [0.25, 0.3) is 10.2 Å². The van der Waals surface area contributed by atoms with E-state index in [0.717, 1.165) is 41.7 Å². The first-order valence-electron chi connectivity index (χ1n) is 9.55. The van der Waals surface area contributed by atoms with Crippen LogP contribution in [-0.4, -0.2) is 13.0 Å². The molecule has 1 aliphatic carbocycles. The molecule has 1 atom stereocenters. The second kappa shape index (κ2) is 7.13. The summed E-state index contributed by atoms with van der Waals surface area (Å²) in [7, 11) is -3.69. The maximum absolute atomic E-state index is 12.9. The van der Waals surface area contributed by atoms with E-state index in [1.165, 1.54) is 11.1 Å². The molecule has 28 heavy (non-hydrogen) atoms. The Morgan fingerprint density at radius 1 is 1.04 bits per heavy atom. The molecule has 0 unspecified atom stereocenters. The number of sulfonamides is 1. The van der Waals surface area contributed by atoms with Gasteiger partial charge in [0.2, 0.25) is 10.0 Å². The van der Waals surface area contributed by atoms with Crippen molar-refractivity contribution in [3.05, 3.63) is 62.8 Å². The number of aromatic nitrogens is 1. The van der Waals surface area contributed by atoms with E-state index in [2.05, 4.69) is 16.9 Å². The Balaban J connectivity index is 1.63. The quantitative estimate of drug-likeness (QED) is 0.679. The molecule has 148 valence electrons. The number of thiazole rings is 1. The fraction of sp³-hybridized carbons (Fsp3) is 0.381. The molecule has 1 aliphatic rings. The van der Waals surface area contributed by atoms with Gasteiger partial charge in [-0.25, -0.2) is 13.1 Å². The minimum atomic E-state index is -3.69. The maximum Gasteiger partial charge on any atom is 0.308 e. The van der Waals surface area contributed by atoms with Gasteiger partial charge in [0.05, 0.1) is 15.1 Å². The smallest absolute Gasteiger partial charge is 0.296 e. The van der Waals surface area contributed by atoms with Gasteiger partial charge in [-0.3, -0.25) is 9.36 Å². The molecule has 2 aromatic carbocycles. The molecule has 1 aromatic heterocycles. The van der Waals surface area contributed by atoms with E-state index in [1.807, 2.05) is 26.8 Å². The predicted molar refractivity (Wildman–Crippen MR) is 114 cm³/mol. The van der Waals surface area contributed by atoms with Crippen LogP contribution in [0, 0.1) is 0 Å². The third-order valence-corrected chi connectivity index (χ3v) is 7.82. The molecular weight excluding hydrogens is 392 g/mol. The van der Waals surface area contributed by atoms with E-state index >= 15 is 0 Å². The van der Waals surface area contributed by atoms with Crippen LogP contribution in [-0.2, 0) is 22.9 Å². The number of benzene rings is 2. The van der Waals surface area contributed by atoms with Crippen molar-refractivity contribution in [1.82, 2.24) is 9.29 Å². The predicted octanol–water partition coefficient (Wildman–Crippen LogP) is 4.17. The molecule has 3 aromatic rings. The minimum absolute atomic E-state index is 0.0293. The third kappa shape index (κ3) is 3.43. The highest BCUT2D eigenvalue weighted by molar-refractivity contribution is 7.89. The fourth-order valence-electron chi connectivity index (χ4n) is 3.90. The summed E-state index contributed by atoms with van der Waals surface area (Å²) < 4.78 is 31.0. The molecule has 0 saturated heterocycles. The standard InChI is InChI=1S/C21H24N2O3S2/c1-13(2)23-19-10-9-18(12-20(19)27-21(23)24)28(25,26)22-14(3)16-8-7-15-5-4-6-17(15)11-16/h7-14,22H,4-6H2,1-3H3/t14-/m0/s1. The average molecular weight is 417 g/mol. The van der Waals surface area contributed by atoms with E-state index in [-0.39, 0.29) is 21.9 Å². The van der Waals surface area contributed by atoms with Crippen molar-refractivity contribution in [3.63, 3.8) is 0 Å². The lowest BCUT2D eigenvalue weighted by molar-refractivity contribution is 0.567. The summed E-state index contributed by atoms with van der Waals surface area (Å²) in [4.78, 5) is 12.3. The van der Waals surface area contributed by atoms with Gasteiger partial charge < -0.3 is 0 Å². The highest BCUT2D eigenvalue weighted by Crippen LogP contribution is 2.27. The van der Waals surface area contributed by atoms with E-state index in [1.54, 1.807) is 22.8 Å². The van der Waals surface area contributed by atoms with Crippen molar-refractivity contribution in [3.8, 4) is 0 Å². The summed E-state index contributed by atoms with van der Waals surface area (Å²) in [5.74, 6) is 0. The molecule has 1 heterocycles. The van der Waals surface area contributed by atoms with E-state index in [4.69, 9.17) is 0 Å². The molecule has 5 nitrogen and oxygen atoms in total. The van der Waals surface area contributed by atoms with Gasteiger partial charge in [-0.1, -0.05) is 29.5 Å². The summed E-state index contributed by atoms with van der Waals surface area (Å²) in [6, 6.07) is 10.8. The molecule has 0 saturated carbocycles. The van der Waals surface area contributed by atoms with Gasteiger partial charge in [0.25, 0.3) is 0 Å².